The molecule has 6 fully saturated rings. The molecule has 0 aliphatic heterocycles. The Balaban J connectivity index is 0.694. The first-order chi connectivity index (χ1) is 24.1. The molecule has 0 radical (unpaired) electrons. The zero-order valence-electron chi connectivity index (χ0n) is 32.9. The highest BCUT2D eigenvalue weighted by atomic mass is 16.5. The van der Waals surface area contributed by atoms with Gasteiger partial charge >= 0.3 is 5.97 Å². The van der Waals surface area contributed by atoms with Gasteiger partial charge in [-0.2, -0.15) is 0 Å². The highest BCUT2D eigenvalue weighted by molar-refractivity contribution is 5.69. The van der Waals surface area contributed by atoms with Gasteiger partial charge in [-0.1, -0.05) is 74.3 Å². The molecule has 7 rings (SSSR count). The Morgan fingerprint density at radius 2 is 1.22 bits per heavy atom. The number of esters is 1. The quantitative estimate of drug-likeness (QED) is 0.0945. The monoisotopic (exact) mass is 681 g/mol. The predicted octanol–water partition coefficient (Wildman–Crippen LogP) is 13.0. The average Bonchev–Trinajstić information content (AvgIpc) is 3.84. The van der Waals surface area contributed by atoms with Crippen molar-refractivity contribution < 1.29 is 9.53 Å². The minimum Gasteiger partial charge on any atom is -0.461 e. The second-order valence-corrected chi connectivity index (χ2v) is 19.8. The van der Waals surface area contributed by atoms with Crippen LogP contribution < -0.4 is 0 Å². The molecule has 0 spiro atoms. The smallest absolute Gasteiger partial charge is 0.306 e. The minimum absolute atomic E-state index is 0.0258. The summed E-state index contributed by atoms with van der Waals surface area (Å²) in [5.41, 5.74) is 5.69. The summed E-state index contributed by atoms with van der Waals surface area (Å²) < 4.78 is 5.57. The first-order valence-corrected chi connectivity index (χ1v) is 21.6. The highest BCUT2D eigenvalue weighted by Crippen LogP contribution is 2.62. The van der Waals surface area contributed by atoms with E-state index in [2.05, 4.69) is 71.9 Å². The molecule has 12 atom stereocenters. The third-order valence-corrected chi connectivity index (χ3v) is 15.1. The molecule has 0 heterocycles. The van der Waals surface area contributed by atoms with Crippen molar-refractivity contribution >= 4 is 5.97 Å². The van der Waals surface area contributed by atoms with E-state index < -0.39 is 0 Å². The van der Waals surface area contributed by atoms with Crippen molar-refractivity contribution in [3.8, 4) is 0 Å². The number of hydrogen-bond donors (Lipinski definition) is 0. The summed E-state index contributed by atoms with van der Waals surface area (Å²) in [5.74, 6) is 12.6. The second kappa shape index (κ2) is 15.6. The molecule has 50 heavy (non-hydrogen) atoms. The van der Waals surface area contributed by atoms with Gasteiger partial charge in [0.25, 0.3) is 0 Å². The Bertz CT molecular complexity index is 1370. The lowest BCUT2D eigenvalue weighted by atomic mass is 9.72. The fourth-order valence-corrected chi connectivity index (χ4v) is 10.9. The first kappa shape index (κ1) is 36.5. The third kappa shape index (κ3) is 10.4. The lowest BCUT2D eigenvalue weighted by Crippen LogP contribution is -2.19. The maximum Gasteiger partial charge on any atom is 0.306 e. The Hall–Kier alpha value is -1.83. The zero-order chi connectivity index (χ0) is 35.0. The van der Waals surface area contributed by atoms with Gasteiger partial charge < -0.3 is 4.74 Å². The van der Waals surface area contributed by atoms with Gasteiger partial charge in [0.2, 0.25) is 0 Å². The van der Waals surface area contributed by atoms with E-state index in [1.165, 1.54) is 61.7 Å². The van der Waals surface area contributed by atoms with Gasteiger partial charge in [-0.05, 0) is 205 Å². The molecule has 7 aliphatic carbocycles. The van der Waals surface area contributed by atoms with Crippen molar-refractivity contribution in [1.82, 2.24) is 0 Å². The van der Waals surface area contributed by atoms with E-state index in [9.17, 15) is 4.79 Å². The van der Waals surface area contributed by atoms with Crippen LogP contribution in [0, 0.1) is 76.4 Å². The van der Waals surface area contributed by atoms with Crippen LogP contribution in [0.2, 0.25) is 0 Å². The summed E-state index contributed by atoms with van der Waals surface area (Å²) in [6, 6.07) is 0. The number of carbonyl (C=O) groups excluding carboxylic acids is 1. The molecule has 2 heteroatoms. The Morgan fingerprint density at radius 1 is 0.720 bits per heavy atom. The van der Waals surface area contributed by atoms with Gasteiger partial charge in [0, 0.05) is 6.42 Å². The van der Waals surface area contributed by atoms with Crippen molar-refractivity contribution in [2.24, 2.45) is 76.4 Å². The molecule has 0 saturated heterocycles. The van der Waals surface area contributed by atoms with Crippen LogP contribution in [0.4, 0.5) is 0 Å². The SMILES string of the molecule is CCC1CC1CC1CC1CC1CC1CC1CC1CC1CC1CC1CC1CCC(=O)OC/C=C(C)/C=C/C=C(C)/C=C/C1=C(C)CCCC1(C)C. The molecule has 0 N–H and O–H groups in total. The third-order valence-electron chi connectivity index (χ3n) is 15.1. The van der Waals surface area contributed by atoms with Crippen LogP contribution in [0.3, 0.4) is 0 Å². The van der Waals surface area contributed by atoms with E-state index in [-0.39, 0.29) is 11.4 Å². The topological polar surface area (TPSA) is 26.3 Å². The van der Waals surface area contributed by atoms with E-state index >= 15 is 0 Å². The average molecular weight is 681 g/mol. The van der Waals surface area contributed by atoms with Crippen LogP contribution in [0.25, 0.3) is 0 Å². The summed E-state index contributed by atoms with van der Waals surface area (Å²) in [7, 11) is 0. The normalized spacial score (nSPS) is 40.0. The minimum atomic E-state index is -0.0258. The lowest BCUT2D eigenvalue weighted by Gasteiger charge is -2.32. The van der Waals surface area contributed by atoms with E-state index in [1.54, 1.807) is 51.4 Å². The standard InChI is InChI=1S/C48H72O2/c1-7-34-20-36(34)22-38-24-40(38)26-42-28-44(42)30-45-29-43(45)27-41-25-39(41)23-37-21-35(37)14-16-47(49)50-19-17-32(3)11-8-10-31(2)13-15-46-33(4)12-9-18-48(46,5)6/h8,10-11,13,15,17,34-45H,7,9,12,14,16,18-30H2,1-6H3/b11-8+,15-13+,31-10+,32-17+. The van der Waals surface area contributed by atoms with E-state index in [0.29, 0.717) is 13.0 Å². The maximum absolute atomic E-state index is 12.4. The fourth-order valence-electron chi connectivity index (χ4n) is 10.9. The number of hydrogen-bond acceptors (Lipinski definition) is 2. The molecular weight excluding hydrogens is 609 g/mol. The molecule has 12 unspecified atom stereocenters. The van der Waals surface area contributed by atoms with Crippen LogP contribution in [0.5, 0.6) is 0 Å². The first-order valence-electron chi connectivity index (χ1n) is 21.6. The van der Waals surface area contributed by atoms with Gasteiger partial charge in [-0.3, -0.25) is 4.79 Å². The van der Waals surface area contributed by atoms with Crippen LogP contribution in [-0.2, 0) is 9.53 Å². The van der Waals surface area contributed by atoms with Crippen molar-refractivity contribution in [2.45, 2.75) is 151 Å². The highest BCUT2D eigenvalue weighted by Gasteiger charge is 2.52. The lowest BCUT2D eigenvalue weighted by molar-refractivity contribution is -0.142. The van der Waals surface area contributed by atoms with Gasteiger partial charge in [-0.25, -0.2) is 0 Å². The van der Waals surface area contributed by atoms with E-state index in [4.69, 9.17) is 4.74 Å². The Labute approximate surface area is 307 Å². The molecule has 0 amide bonds. The molecule has 6 saturated carbocycles. The van der Waals surface area contributed by atoms with Gasteiger partial charge in [0.1, 0.15) is 6.61 Å². The molecule has 276 valence electrons. The number of ether oxygens (including phenoxy) is 1. The summed E-state index contributed by atoms with van der Waals surface area (Å²) in [4.78, 5) is 12.4. The molecule has 0 aromatic carbocycles. The van der Waals surface area contributed by atoms with Gasteiger partial charge in [-0.15, -0.1) is 0 Å². The van der Waals surface area contributed by atoms with Crippen molar-refractivity contribution in [2.75, 3.05) is 6.61 Å². The molecular formula is C48H72O2. The Morgan fingerprint density at radius 3 is 1.74 bits per heavy atom. The van der Waals surface area contributed by atoms with E-state index in [0.717, 1.165) is 83.0 Å². The summed E-state index contributed by atoms with van der Waals surface area (Å²) >= 11 is 0. The molecule has 0 aromatic rings. The van der Waals surface area contributed by atoms with Crippen molar-refractivity contribution in [3.05, 3.63) is 58.7 Å². The molecule has 0 bridgehead atoms. The molecule has 7 aliphatic rings. The predicted molar refractivity (Wildman–Crippen MR) is 209 cm³/mol. The number of allylic oxidation sites excluding steroid dienone is 9. The largest absolute Gasteiger partial charge is 0.461 e. The van der Waals surface area contributed by atoms with Crippen LogP contribution >= 0.6 is 0 Å². The van der Waals surface area contributed by atoms with Crippen molar-refractivity contribution in [3.63, 3.8) is 0 Å². The molecule has 0 aromatic heterocycles. The van der Waals surface area contributed by atoms with Crippen LogP contribution in [0.15, 0.2) is 58.7 Å². The zero-order valence-corrected chi connectivity index (χ0v) is 32.9. The fraction of sp³-hybridized carbons (Fsp3) is 0.771. The van der Waals surface area contributed by atoms with Crippen LogP contribution in [-0.4, -0.2) is 12.6 Å². The van der Waals surface area contributed by atoms with Gasteiger partial charge in [0.05, 0.1) is 0 Å². The molecule has 2 nitrogen and oxygen atoms in total. The Kier molecular flexibility index (Phi) is 11.4. The maximum atomic E-state index is 12.4. The number of carbonyl (C=O) groups is 1. The second-order valence-electron chi connectivity index (χ2n) is 19.8. The summed E-state index contributed by atoms with van der Waals surface area (Å²) in [5, 5.41) is 0. The number of rotatable bonds is 20. The summed E-state index contributed by atoms with van der Waals surface area (Å²) in [6.45, 7) is 14.0. The van der Waals surface area contributed by atoms with Crippen molar-refractivity contribution in [1.29, 1.82) is 0 Å². The van der Waals surface area contributed by atoms with Gasteiger partial charge in [0.15, 0.2) is 0 Å². The van der Waals surface area contributed by atoms with E-state index in [1.807, 2.05) is 6.08 Å². The van der Waals surface area contributed by atoms with Crippen LogP contribution in [0.1, 0.15) is 151 Å². The summed E-state index contributed by atoms with van der Waals surface area (Å²) in [6.07, 6.45) is 36.7.